The summed E-state index contributed by atoms with van der Waals surface area (Å²) in [6, 6.07) is 59.1. The molecular weight excluding hydrogens is 757 g/mol. The van der Waals surface area contributed by atoms with Crippen LogP contribution in [0.4, 0.5) is 0 Å². The monoisotopic (exact) mass is 829 g/mol. The SMILES string of the molecule is CCCC(C=CC=Cc1cccc(CC(c2ccccc2)C(C)c2ccc(-c3ccc(C(C)C(Cc4ccccc4)c4cccc(C=CC=CCC(C)CC)c4)cc3)cc2)c1)CC. The quantitative estimate of drug-likeness (QED) is 0.0598. The zero-order chi connectivity index (χ0) is 44.2. The minimum absolute atomic E-state index is 0.338. The van der Waals surface area contributed by atoms with Gasteiger partial charge in [0.25, 0.3) is 0 Å². The summed E-state index contributed by atoms with van der Waals surface area (Å²) in [4.78, 5) is 0. The fourth-order valence-electron chi connectivity index (χ4n) is 9.05. The normalized spacial score (nSPS) is 15.0. The summed E-state index contributed by atoms with van der Waals surface area (Å²) in [6.07, 6.45) is 26.0. The van der Waals surface area contributed by atoms with Crippen LogP contribution in [0.15, 0.2) is 194 Å². The van der Waals surface area contributed by atoms with E-state index in [0.717, 1.165) is 25.2 Å². The van der Waals surface area contributed by atoms with Crippen LogP contribution in [-0.2, 0) is 12.8 Å². The van der Waals surface area contributed by atoms with Crippen molar-refractivity contribution < 1.29 is 0 Å². The predicted octanol–water partition coefficient (Wildman–Crippen LogP) is 18.0. The highest BCUT2D eigenvalue weighted by molar-refractivity contribution is 5.64. The second-order valence-electron chi connectivity index (χ2n) is 18.0. The molecule has 6 unspecified atom stereocenters. The zero-order valence-electron chi connectivity index (χ0n) is 39.0. The molecule has 0 aliphatic heterocycles. The van der Waals surface area contributed by atoms with Gasteiger partial charge in [0.2, 0.25) is 0 Å². The molecule has 0 aliphatic rings. The van der Waals surface area contributed by atoms with E-state index in [0.29, 0.717) is 29.6 Å². The molecule has 324 valence electrons. The van der Waals surface area contributed by atoms with Gasteiger partial charge in [-0.1, -0.05) is 261 Å². The minimum atomic E-state index is 0.338. The maximum atomic E-state index is 2.41. The Balaban J connectivity index is 1.17. The first-order valence-corrected chi connectivity index (χ1v) is 24.0. The van der Waals surface area contributed by atoms with E-state index in [4.69, 9.17) is 0 Å². The number of rotatable bonds is 22. The highest BCUT2D eigenvalue weighted by Crippen LogP contribution is 2.39. The first-order valence-electron chi connectivity index (χ1n) is 24.0. The summed E-state index contributed by atoms with van der Waals surface area (Å²) < 4.78 is 0. The molecule has 0 N–H and O–H groups in total. The van der Waals surface area contributed by atoms with Gasteiger partial charge in [-0.25, -0.2) is 0 Å². The third-order valence-electron chi connectivity index (χ3n) is 13.4. The van der Waals surface area contributed by atoms with Gasteiger partial charge in [0.05, 0.1) is 0 Å². The fraction of sp³-hybridized carbons (Fsp3) is 0.302. The van der Waals surface area contributed by atoms with Crippen LogP contribution in [0.1, 0.15) is 142 Å². The molecule has 6 rings (SSSR count). The van der Waals surface area contributed by atoms with Gasteiger partial charge in [0.1, 0.15) is 0 Å². The second kappa shape index (κ2) is 24.8. The summed E-state index contributed by atoms with van der Waals surface area (Å²) >= 11 is 0. The largest absolute Gasteiger partial charge is 0.0843 e. The van der Waals surface area contributed by atoms with Crippen LogP contribution in [0.5, 0.6) is 0 Å². The van der Waals surface area contributed by atoms with E-state index in [9.17, 15) is 0 Å². The van der Waals surface area contributed by atoms with E-state index >= 15 is 0 Å². The standard InChI is InChI=1S/C63H72/c1-7-23-51(9-3)25-19-20-29-52-30-21-32-55(44-52)47-62(60-33-17-12-18-34-60)49(5)56-36-40-58(41-37-56)59-42-38-57(39-43-59)50(6)63(46-54-27-15-11-16-28-54)61-35-22-31-53(45-61)26-14-10-13-24-48(4)8-2/h10-22,25-45,48-51,62-63H,7-9,23-24,46-47H2,1-6H3. The van der Waals surface area contributed by atoms with Gasteiger partial charge >= 0.3 is 0 Å². The highest BCUT2D eigenvalue weighted by atomic mass is 14.3. The molecule has 6 atom stereocenters. The maximum absolute atomic E-state index is 2.41. The van der Waals surface area contributed by atoms with Crippen LogP contribution in [0.3, 0.4) is 0 Å². The Kier molecular flexibility index (Phi) is 18.4. The smallest absolute Gasteiger partial charge is 0.00551 e. The molecule has 0 amide bonds. The lowest BCUT2D eigenvalue weighted by atomic mass is 9.78. The van der Waals surface area contributed by atoms with E-state index in [-0.39, 0.29) is 0 Å². The number of benzene rings is 6. The summed E-state index contributed by atoms with van der Waals surface area (Å²) in [5.41, 5.74) is 13.3. The molecule has 0 saturated carbocycles. The van der Waals surface area contributed by atoms with Crippen molar-refractivity contribution in [2.24, 2.45) is 11.8 Å². The third kappa shape index (κ3) is 14.1. The molecule has 0 bridgehead atoms. The molecule has 0 saturated heterocycles. The molecule has 0 fully saturated rings. The van der Waals surface area contributed by atoms with Crippen LogP contribution in [0, 0.1) is 11.8 Å². The Bertz CT molecular complexity index is 2340. The molecule has 63 heavy (non-hydrogen) atoms. The van der Waals surface area contributed by atoms with Gasteiger partial charge in [0.15, 0.2) is 0 Å². The lowest BCUT2D eigenvalue weighted by molar-refractivity contribution is 0.563. The first kappa shape index (κ1) is 46.8. The number of hydrogen-bond donors (Lipinski definition) is 0. The Hall–Kier alpha value is -5.72. The topological polar surface area (TPSA) is 0 Å². The van der Waals surface area contributed by atoms with Crippen LogP contribution in [0.25, 0.3) is 23.3 Å². The van der Waals surface area contributed by atoms with Gasteiger partial charge in [0, 0.05) is 0 Å². The second-order valence-corrected chi connectivity index (χ2v) is 18.0. The number of hydrogen-bond acceptors (Lipinski definition) is 0. The molecule has 0 heteroatoms. The molecule has 0 aromatic heterocycles. The molecule has 0 aliphatic carbocycles. The van der Waals surface area contributed by atoms with Crippen molar-refractivity contribution in [3.05, 3.63) is 239 Å². The molecule has 0 radical (unpaired) electrons. The Labute approximate surface area is 382 Å². The number of allylic oxidation sites excluding steroid dienone is 6. The Morgan fingerprint density at radius 1 is 0.444 bits per heavy atom. The fourth-order valence-corrected chi connectivity index (χ4v) is 9.05. The van der Waals surface area contributed by atoms with E-state index in [1.807, 2.05) is 0 Å². The van der Waals surface area contributed by atoms with Crippen molar-refractivity contribution in [3.63, 3.8) is 0 Å². The first-order chi connectivity index (χ1) is 30.8. The lowest BCUT2D eigenvalue weighted by Gasteiger charge is -2.26. The molecular formula is C63H72. The average Bonchev–Trinajstić information content (AvgIpc) is 3.33. The van der Waals surface area contributed by atoms with Gasteiger partial charge in [-0.2, -0.15) is 0 Å². The minimum Gasteiger partial charge on any atom is -0.0843 e. The molecule has 6 aromatic carbocycles. The van der Waals surface area contributed by atoms with Crippen LogP contribution < -0.4 is 0 Å². The van der Waals surface area contributed by atoms with Gasteiger partial charge in [-0.3, -0.25) is 0 Å². The van der Waals surface area contributed by atoms with E-state index in [1.165, 1.54) is 81.3 Å². The Morgan fingerprint density at radius 2 is 0.968 bits per heavy atom. The van der Waals surface area contributed by atoms with Crippen LogP contribution in [-0.4, -0.2) is 0 Å². The summed E-state index contributed by atoms with van der Waals surface area (Å²) in [5.74, 6) is 2.78. The van der Waals surface area contributed by atoms with Crippen LogP contribution in [0.2, 0.25) is 0 Å². The molecule has 0 heterocycles. The van der Waals surface area contributed by atoms with Crippen molar-refractivity contribution in [3.8, 4) is 11.1 Å². The van der Waals surface area contributed by atoms with Crippen molar-refractivity contribution >= 4 is 12.2 Å². The third-order valence-corrected chi connectivity index (χ3v) is 13.4. The van der Waals surface area contributed by atoms with Crippen LogP contribution >= 0.6 is 0 Å². The predicted molar refractivity (Wildman–Crippen MR) is 276 cm³/mol. The molecule has 0 nitrogen and oxygen atoms in total. The van der Waals surface area contributed by atoms with Gasteiger partial charge in [-0.15, -0.1) is 0 Å². The average molecular weight is 829 g/mol. The maximum Gasteiger partial charge on any atom is -0.00551 e. The molecule has 6 aromatic rings. The van der Waals surface area contributed by atoms with E-state index in [2.05, 4.69) is 248 Å². The van der Waals surface area contributed by atoms with E-state index < -0.39 is 0 Å². The highest BCUT2D eigenvalue weighted by Gasteiger charge is 2.24. The van der Waals surface area contributed by atoms with Gasteiger partial charge < -0.3 is 0 Å². The lowest BCUT2D eigenvalue weighted by Crippen LogP contribution is -2.12. The Morgan fingerprint density at radius 3 is 1.57 bits per heavy atom. The summed E-state index contributed by atoms with van der Waals surface area (Å²) in [7, 11) is 0. The van der Waals surface area contributed by atoms with Crippen molar-refractivity contribution in [2.45, 2.75) is 110 Å². The summed E-state index contributed by atoms with van der Waals surface area (Å²) in [5, 5.41) is 0. The van der Waals surface area contributed by atoms with Crippen molar-refractivity contribution in [1.29, 1.82) is 0 Å². The summed E-state index contributed by atoms with van der Waals surface area (Å²) in [6.45, 7) is 13.9. The zero-order valence-corrected chi connectivity index (χ0v) is 39.0. The van der Waals surface area contributed by atoms with Gasteiger partial charge in [-0.05, 0) is 123 Å². The van der Waals surface area contributed by atoms with E-state index in [1.54, 1.807) is 0 Å². The van der Waals surface area contributed by atoms with Crippen molar-refractivity contribution in [1.82, 2.24) is 0 Å². The molecule has 0 spiro atoms. The van der Waals surface area contributed by atoms with Crippen molar-refractivity contribution in [2.75, 3.05) is 0 Å².